The van der Waals surface area contributed by atoms with E-state index in [1.54, 1.807) is 18.2 Å². The topological polar surface area (TPSA) is 52.3 Å². The second kappa shape index (κ2) is 5.72. The highest BCUT2D eigenvalue weighted by atomic mass is 32.2. The molecular weight excluding hydrogens is 217 g/mol. The SMILES string of the molecule is COC(=O)C(N)CSc1ccccc1F. The summed E-state index contributed by atoms with van der Waals surface area (Å²) in [5.74, 6) is -0.494. The number of nitrogens with two attached hydrogens (primary N) is 1. The number of halogens is 1. The highest BCUT2D eigenvalue weighted by Gasteiger charge is 2.14. The van der Waals surface area contributed by atoms with Crippen LogP contribution in [0.2, 0.25) is 0 Å². The maximum Gasteiger partial charge on any atom is 0.323 e. The number of hydrogen-bond donors (Lipinski definition) is 1. The molecule has 0 aliphatic rings. The molecule has 3 nitrogen and oxygen atoms in total. The summed E-state index contributed by atoms with van der Waals surface area (Å²) in [6.07, 6.45) is 0. The zero-order chi connectivity index (χ0) is 11.3. The third kappa shape index (κ3) is 3.53. The molecule has 0 aliphatic carbocycles. The van der Waals surface area contributed by atoms with Crippen molar-refractivity contribution in [3.63, 3.8) is 0 Å². The Morgan fingerprint density at radius 2 is 2.27 bits per heavy atom. The fourth-order valence-electron chi connectivity index (χ4n) is 0.961. The number of carbonyl (C=O) groups excluding carboxylic acids is 1. The number of benzene rings is 1. The van der Waals surface area contributed by atoms with Gasteiger partial charge < -0.3 is 10.5 Å². The van der Waals surface area contributed by atoms with Gasteiger partial charge in [0.05, 0.1) is 7.11 Å². The molecule has 0 saturated heterocycles. The normalized spacial score (nSPS) is 12.2. The van der Waals surface area contributed by atoms with E-state index in [9.17, 15) is 9.18 Å². The second-order valence-corrected chi connectivity index (χ2v) is 3.93. The average Bonchev–Trinajstić information content (AvgIpc) is 2.26. The summed E-state index contributed by atoms with van der Waals surface area (Å²) in [4.78, 5) is 11.4. The lowest BCUT2D eigenvalue weighted by atomic mass is 10.3. The average molecular weight is 229 g/mol. The van der Waals surface area contributed by atoms with E-state index in [4.69, 9.17) is 5.73 Å². The summed E-state index contributed by atoms with van der Waals surface area (Å²) in [6, 6.07) is 5.63. The lowest BCUT2D eigenvalue weighted by molar-refractivity contribution is -0.141. The van der Waals surface area contributed by atoms with Crippen molar-refractivity contribution < 1.29 is 13.9 Å². The predicted octanol–water partition coefficient (Wildman–Crippen LogP) is 1.42. The van der Waals surface area contributed by atoms with Gasteiger partial charge in [0, 0.05) is 10.6 Å². The second-order valence-electron chi connectivity index (χ2n) is 2.87. The summed E-state index contributed by atoms with van der Waals surface area (Å²) in [6.45, 7) is 0. The van der Waals surface area contributed by atoms with E-state index in [0.29, 0.717) is 10.6 Å². The predicted molar refractivity (Wildman–Crippen MR) is 57.1 cm³/mol. The summed E-state index contributed by atoms with van der Waals surface area (Å²) in [7, 11) is 1.27. The quantitative estimate of drug-likeness (QED) is 0.626. The van der Waals surface area contributed by atoms with E-state index in [1.807, 2.05) is 0 Å². The van der Waals surface area contributed by atoms with Gasteiger partial charge in [0.1, 0.15) is 11.9 Å². The van der Waals surface area contributed by atoms with E-state index < -0.39 is 12.0 Å². The Labute approximate surface area is 91.8 Å². The van der Waals surface area contributed by atoms with Crippen molar-refractivity contribution in [2.75, 3.05) is 12.9 Å². The Hall–Kier alpha value is -1.07. The molecule has 1 aromatic rings. The number of ether oxygens (including phenoxy) is 1. The Morgan fingerprint density at radius 3 is 2.87 bits per heavy atom. The van der Waals surface area contributed by atoms with Crippen LogP contribution in [0.3, 0.4) is 0 Å². The highest BCUT2D eigenvalue weighted by Crippen LogP contribution is 2.21. The maximum atomic E-state index is 13.1. The number of methoxy groups -OCH3 is 1. The van der Waals surface area contributed by atoms with Crippen LogP contribution in [-0.4, -0.2) is 24.9 Å². The minimum Gasteiger partial charge on any atom is -0.468 e. The van der Waals surface area contributed by atoms with Gasteiger partial charge in [-0.2, -0.15) is 0 Å². The van der Waals surface area contributed by atoms with Gasteiger partial charge in [-0.3, -0.25) is 4.79 Å². The van der Waals surface area contributed by atoms with Crippen LogP contribution in [0.4, 0.5) is 4.39 Å². The number of esters is 1. The molecule has 0 heterocycles. The van der Waals surface area contributed by atoms with Gasteiger partial charge in [-0.05, 0) is 12.1 Å². The third-order valence-corrected chi connectivity index (χ3v) is 2.93. The minimum atomic E-state index is -0.723. The molecule has 0 amide bonds. The van der Waals surface area contributed by atoms with Crippen LogP contribution in [-0.2, 0) is 9.53 Å². The summed E-state index contributed by atoms with van der Waals surface area (Å²) < 4.78 is 17.6. The molecule has 0 aliphatic heterocycles. The Bertz CT molecular complexity index is 346. The number of carbonyl (C=O) groups is 1. The molecule has 15 heavy (non-hydrogen) atoms. The fraction of sp³-hybridized carbons (Fsp3) is 0.300. The molecule has 0 aromatic heterocycles. The maximum absolute atomic E-state index is 13.1. The molecule has 82 valence electrons. The number of thioether (sulfide) groups is 1. The van der Waals surface area contributed by atoms with E-state index in [2.05, 4.69) is 4.74 Å². The van der Waals surface area contributed by atoms with Crippen molar-refractivity contribution in [1.29, 1.82) is 0 Å². The standard InChI is InChI=1S/C10H12FNO2S/c1-14-10(13)8(12)6-15-9-5-3-2-4-7(9)11/h2-5,8H,6,12H2,1H3. The third-order valence-electron chi connectivity index (χ3n) is 1.76. The Kier molecular flexibility index (Phi) is 4.58. The van der Waals surface area contributed by atoms with Crippen LogP contribution in [0.25, 0.3) is 0 Å². The lowest BCUT2D eigenvalue weighted by Gasteiger charge is -2.08. The fourth-order valence-corrected chi connectivity index (χ4v) is 1.84. The molecule has 5 heteroatoms. The summed E-state index contributed by atoms with van der Waals surface area (Å²) in [5, 5.41) is 0. The Morgan fingerprint density at radius 1 is 1.60 bits per heavy atom. The smallest absolute Gasteiger partial charge is 0.323 e. The number of hydrogen-bond acceptors (Lipinski definition) is 4. The molecule has 0 fully saturated rings. The van der Waals surface area contributed by atoms with Crippen molar-refractivity contribution in [1.82, 2.24) is 0 Å². The first kappa shape index (κ1) is 12.0. The van der Waals surface area contributed by atoms with Gasteiger partial charge in [0.15, 0.2) is 0 Å². The zero-order valence-electron chi connectivity index (χ0n) is 8.27. The van der Waals surface area contributed by atoms with Crippen LogP contribution >= 0.6 is 11.8 Å². The molecule has 2 N–H and O–H groups in total. The Balaban J connectivity index is 2.50. The first-order valence-corrected chi connectivity index (χ1v) is 5.34. The molecule has 1 rings (SSSR count). The molecular formula is C10H12FNO2S. The first-order valence-electron chi connectivity index (χ1n) is 4.36. The van der Waals surface area contributed by atoms with E-state index in [0.717, 1.165) is 0 Å². The monoisotopic (exact) mass is 229 g/mol. The van der Waals surface area contributed by atoms with Gasteiger partial charge in [-0.15, -0.1) is 11.8 Å². The minimum absolute atomic E-state index is 0.299. The number of rotatable bonds is 4. The summed E-state index contributed by atoms with van der Waals surface area (Å²) in [5.41, 5.74) is 5.51. The van der Waals surface area contributed by atoms with Crippen molar-refractivity contribution in [3.8, 4) is 0 Å². The van der Waals surface area contributed by atoms with Crippen LogP contribution in [0.1, 0.15) is 0 Å². The molecule has 0 saturated carbocycles. The first-order chi connectivity index (χ1) is 7.15. The van der Waals surface area contributed by atoms with E-state index in [-0.39, 0.29) is 5.82 Å². The van der Waals surface area contributed by atoms with Crippen molar-refractivity contribution in [2.45, 2.75) is 10.9 Å². The lowest BCUT2D eigenvalue weighted by Crippen LogP contribution is -2.33. The summed E-state index contributed by atoms with van der Waals surface area (Å²) >= 11 is 1.20. The van der Waals surface area contributed by atoms with Gasteiger partial charge in [-0.1, -0.05) is 12.1 Å². The molecule has 1 aromatic carbocycles. The van der Waals surface area contributed by atoms with Gasteiger partial charge in [0.2, 0.25) is 0 Å². The zero-order valence-corrected chi connectivity index (χ0v) is 9.09. The van der Waals surface area contributed by atoms with Crippen LogP contribution in [0.15, 0.2) is 29.2 Å². The van der Waals surface area contributed by atoms with Gasteiger partial charge >= 0.3 is 5.97 Å². The molecule has 0 radical (unpaired) electrons. The van der Waals surface area contributed by atoms with Crippen molar-refractivity contribution in [3.05, 3.63) is 30.1 Å². The van der Waals surface area contributed by atoms with Crippen LogP contribution < -0.4 is 5.73 Å². The van der Waals surface area contributed by atoms with Crippen molar-refractivity contribution >= 4 is 17.7 Å². The van der Waals surface area contributed by atoms with Crippen LogP contribution in [0, 0.1) is 5.82 Å². The van der Waals surface area contributed by atoms with Crippen LogP contribution in [0.5, 0.6) is 0 Å². The molecule has 0 bridgehead atoms. The van der Waals surface area contributed by atoms with E-state index >= 15 is 0 Å². The van der Waals surface area contributed by atoms with Gasteiger partial charge in [-0.25, -0.2) is 4.39 Å². The highest BCUT2D eigenvalue weighted by molar-refractivity contribution is 7.99. The molecule has 1 atom stereocenters. The van der Waals surface area contributed by atoms with Gasteiger partial charge in [0.25, 0.3) is 0 Å². The largest absolute Gasteiger partial charge is 0.468 e. The molecule has 0 spiro atoms. The van der Waals surface area contributed by atoms with E-state index in [1.165, 1.54) is 24.9 Å². The molecule has 1 unspecified atom stereocenters. The van der Waals surface area contributed by atoms with Crippen molar-refractivity contribution in [2.24, 2.45) is 5.73 Å².